The zero-order valence-corrected chi connectivity index (χ0v) is 12.7. The van der Waals surface area contributed by atoms with Gasteiger partial charge in [-0.05, 0) is 24.2 Å². The molecule has 1 heterocycles. The number of imidazole rings is 1. The predicted molar refractivity (Wildman–Crippen MR) is 78.6 cm³/mol. The first-order chi connectivity index (χ1) is 8.99. The van der Waals surface area contributed by atoms with Crippen molar-refractivity contribution in [2.75, 3.05) is 6.61 Å². The highest BCUT2D eigenvalue weighted by molar-refractivity contribution is 6.76. The van der Waals surface area contributed by atoms with Gasteiger partial charge in [-0.2, -0.15) is 5.26 Å². The molecule has 0 aliphatic rings. The summed E-state index contributed by atoms with van der Waals surface area (Å²) in [6, 6.07) is 8.81. The number of nitrogens with zero attached hydrogens (tertiary/aromatic N) is 3. The normalized spacial score (nSPS) is 11.7. The monoisotopic (exact) mass is 273 g/mol. The summed E-state index contributed by atoms with van der Waals surface area (Å²) in [6.45, 7) is 8.34. The molecule has 0 aliphatic carbocycles. The number of aromatic nitrogens is 2. The van der Waals surface area contributed by atoms with E-state index < -0.39 is 8.07 Å². The lowest BCUT2D eigenvalue weighted by Crippen LogP contribution is -2.21. The number of ether oxygens (including phenoxy) is 1. The van der Waals surface area contributed by atoms with Crippen LogP contribution in [0.2, 0.25) is 25.7 Å². The molecule has 1 aromatic heterocycles. The second-order valence-corrected chi connectivity index (χ2v) is 11.5. The lowest BCUT2D eigenvalue weighted by molar-refractivity contribution is 0.0898. The van der Waals surface area contributed by atoms with Crippen molar-refractivity contribution in [1.29, 1.82) is 5.26 Å². The van der Waals surface area contributed by atoms with Gasteiger partial charge in [0.05, 0.1) is 29.0 Å². The van der Waals surface area contributed by atoms with E-state index in [-0.39, 0.29) is 0 Å². The summed E-state index contributed by atoms with van der Waals surface area (Å²) in [5.41, 5.74) is 2.48. The summed E-state index contributed by atoms with van der Waals surface area (Å²) in [7, 11) is -1.03. The maximum Gasteiger partial charge on any atom is 0.124 e. The maximum absolute atomic E-state index is 8.85. The first-order valence-corrected chi connectivity index (χ1v) is 10.1. The highest BCUT2D eigenvalue weighted by Gasteiger charge is 2.12. The van der Waals surface area contributed by atoms with Crippen LogP contribution in [0, 0.1) is 11.3 Å². The van der Waals surface area contributed by atoms with Gasteiger partial charge in [-0.1, -0.05) is 19.6 Å². The average Bonchev–Trinajstić information content (AvgIpc) is 2.75. The molecule has 0 unspecified atom stereocenters. The van der Waals surface area contributed by atoms with Crippen LogP contribution in [0.3, 0.4) is 0 Å². The number of rotatable bonds is 5. The molecule has 19 heavy (non-hydrogen) atoms. The fraction of sp³-hybridized carbons (Fsp3) is 0.429. The fourth-order valence-corrected chi connectivity index (χ4v) is 2.53. The largest absolute Gasteiger partial charge is 0.361 e. The third kappa shape index (κ3) is 3.66. The number of hydrogen-bond acceptors (Lipinski definition) is 3. The van der Waals surface area contributed by atoms with Crippen LogP contribution in [0.15, 0.2) is 24.5 Å². The van der Waals surface area contributed by atoms with Crippen LogP contribution in [0.5, 0.6) is 0 Å². The topological polar surface area (TPSA) is 50.8 Å². The van der Waals surface area contributed by atoms with Gasteiger partial charge in [-0.15, -0.1) is 0 Å². The Morgan fingerprint density at radius 1 is 1.37 bits per heavy atom. The third-order valence-corrected chi connectivity index (χ3v) is 4.68. The molecule has 0 atom stereocenters. The van der Waals surface area contributed by atoms with Gasteiger partial charge in [0.1, 0.15) is 6.73 Å². The van der Waals surface area contributed by atoms with Crippen LogP contribution in [0.1, 0.15) is 5.56 Å². The van der Waals surface area contributed by atoms with Crippen LogP contribution < -0.4 is 0 Å². The van der Waals surface area contributed by atoms with Crippen molar-refractivity contribution in [3.8, 4) is 6.07 Å². The first-order valence-electron chi connectivity index (χ1n) is 6.42. The van der Waals surface area contributed by atoms with E-state index in [1.54, 1.807) is 12.4 Å². The smallest absolute Gasteiger partial charge is 0.124 e. The van der Waals surface area contributed by atoms with Gasteiger partial charge < -0.3 is 9.30 Å². The predicted octanol–water partition coefficient (Wildman–Crippen LogP) is 3.22. The van der Waals surface area contributed by atoms with Crippen molar-refractivity contribution in [2.24, 2.45) is 0 Å². The van der Waals surface area contributed by atoms with Gasteiger partial charge in [0.2, 0.25) is 0 Å². The summed E-state index contributed by atoms with van der Waals surface area (Å²) >= 11 is 0. The number of fused-ring (bicyclic) bond motifs is 1. The molecule has 0 aliphatic heterocycles. The Hall–Kier alpha value is -1.64. The Bertz CT molecular complexity index is 607. The summed E-state index contributed by atoms with van der Waals surface area (Å²) in [5, 5.41) is 8.85. The van der Waals surface area contributed by atoms with Crippen molar-refractivity contribution in [3.05, 3.63) is 30.1 Å². The molecule has 1 aromatic carbocycles. The van der Waals surface area contributed by atoms with Crippen molar-refractivity contribution in [3.63, 3.8) is 0 Å². The zero-order chi connectivity index (χ0) is 13.9. The van der Waals surface area contributed by atoms with E-state index in [0.717, 1.165) is 23.7 Å². The minimum Gasteiger partial charge on any atom is -0.361 e. The molecule has 0 spiro atoms. The molecular weight excluding hydrogens is 254 g/mol. The van der Waals surface area contributed by atoms with Crippen molar-refractivity contribution < 1.29 is 4.74 Å². The summed E-state index contributed by atoms with van der Waals surface area (Å²) in [5.74, 6) is 0. The molecule has 0 amide bonds. The molecular formula is C14H19N3OSi. The lowest BCUT2D eigenvalue weighted by Gasteiger charge is -2.15. The quantitative estimate of drug-likeness (QED) is 0.621. The summed E-state index contributed by atoms with van der Waals surface area (Å²) in [4.78, 5) is 4.30. The zero-order valence-electron chi connectivity index (χ0n) is 11.7. The molecule has 0 saturated heterocycles. The van der Waals surface area contributed by atoms with E-state index in [1.165, 1.54) is 0 Å². The highest BCUT2D eigenvalue weighted by Crippen LogP contribution is 2.15. The SMILES string of the molecule is C[Si](C)(C)CCOCn1cnc2cc(C#N)ccc21. The molecule has 4 nitrogen and oxygen atoms in total. The van der Waals surface area contributed by atoms with E-state index in [4.69, 9.17) is 10.00 Å². The molecule has 5 heteroatoms. The molecule has 100 valence electrons. The molecule has 0 fully saturated rings. The Morgan fingerprint density at radius 3 is 2.84 bits per heavy atom. The van der Waals surface area contributed by atoms with Gasteiger partial charge in [-0.25, -0.2) is 4.98 Å². The van der Waals surface area contributed by atoms with E-state index in [9.17, 15) is 0 Å². The number of hydrogen-bond donors (Lipinski definition) is 0. The van der Waals surface area contributed by atoms with Crippen LogP contribution in [0.25, 0.3) is 11.0 Å². The third-order valence-electron chi connectivity index (χ3n) is 2.98. The van der Waals surface area contributed by atoms with Crippen LogP contribution in [-0.2, 0) is 11.5 Å². The highest BCUT2D eigenvalue weighted by atomic mass is 28.3. The van der Waals surface area contributed by atoms with Crippen molar-refractivity contribution in [2.45, 2.75) is 32.4 Å². The van der Waals surface area contributed by atoms with Crippen LogP contribution >= 0.6 is 0 Å². The van der Waals surface area contributed by atoms with Gasteiger partial charge in [-0.3, -0.25) is 0 Å². The molecule has 0 radical (unpaired) electrons. The maximum atomic E-state index is 8.85. The Balaban J connectivity index is 2.00. The Labute approximate surface area is 114 Å². The van der Waals surface area contributed by atoms with Gasteiger partial charge in [0.25, 0.3) is 0 Å². The standard InChI is InChI=1S/C14H19N3OSi/c1-19(2,3)7-6-18-11-17-10-16-13-8-12(9-15)4-5-14(13)17/h4-5,8,10H,6-7,11H2,1-3H3. The van der Waals surface area contributed by atoms with E-state index in [1.807, 2.05) is 16.7 Å². The minimum absolute atomic E-state index is 0.521. The van der Waals surface area contributed by atoms with Crippen LogP contribution in [-0.4, -0.2) is 24.2 Å². The van der Waals surface area contributed by atoms with Gasteiger partial charge in [0, 0.05) is 14.7 Å². The molecule has 2 aromatic rings. The number of nitriles is 1. The first kappa shape index (κ1) is 13.8. The molecule has 0 saturated carbocycles. The van der Waals surface area contributed by atoms with E-state index in [2.05, 4.69) is 30.7 Å². The second-order valence-electron chi connectivity index (χ2n) is 5.88. The molecule has 2 rings (SSSR count). The van der Waals surface area contributed by atoms with Crippen molar-refractivity contribution >= 4 is 19.1 Å². The number of benzene rings is 1. The summed E-state index contributed by atoms with van der Waals surface area (Å²) in [6.07, 6.45) is 1.76. The van der Waals surface area contributed by atoms with Crippen LogP contribution in [0.4, 0.5) is 0 Å². The van der Waals surface area contributed by atoms with E-state index >= 15 is 0 Å². The Morgan fingerprint density at radius 2 is 2.16 bits per heavy atom. The molecule has 0 bridgehead atoms. The van der Waals surface area contributed by atoms with Gasteiger partial charge >= 0.3 is 0 Å². The van der Waals surface area contributed by atoms with E-state index in [0.29, 0.717) is 12.3 Å². The minimum atomic E-state index is -1.03. The van der Waals surface area contributed by atoms with Crippen molar-refractivity contribution in [1.82, 2.24) is 9.55 Å². The summed E-state index contributed by atoms with van der Waals surface area (Å²) < 4.78 is 7.68. The average molecular weight is 273 g/mol. The van der Waals surface area contributed by atoms with Gasteiger partial charge in [0.15, 0.2) is 0 Å². The fourth-order valence-electron chi connectivity index (χ4n) is 1.78. The molecule has 0 N–H and O–H groups in total. The lowest BCUT2D eigenvalue weighted by atomic mass is 10.2. The Kier molecular flexibility index (Phi) is 4.03. The second kappa shape index (κ2) is 5.55.